The van der Waals surface area contributed by atoms with Gasteiger partial charge in [-0.15, -0.1) is 0 Å². The second-order valence-electron chi connectivity index (χ2n) is 33.6. The highest BCUT2D eigenvalue weighted by Gasteiger charge is 2.44. The van der Waals surface area contributed by atoms with E-state index in [4.69, 9.17) is 34.1 Å². The van der Waals surface area contributed by atoms with E-state index in [0.29, 0.717) is 11.3 Å². The Morgan fingerprint density at radius 3 is 1.35 bits per heavy atom. The molecule has 1 saturated heterocycles. The van der Waals surface area contributed by atoms with E-state index in [0.717, 1.165) is 25.7 Å². The number of rotatable bonds is 67. The van der Waals surface area contributed by atoms with Crippen molar-refractivity contribution >= 4 is 155 Å². The molecule has 1 aromatic heterocycles. The van der Waals surface area contributed by atoms with Crippen molar-refractivity contribution in [1.82, 2.24) is 111 Å². The van der Waals surface area contributed by atoms with Gasteiger partial charge in [0.15, 0.2) is 5.96 Å². The van der Waals surface area contributed by atoms with Crippen LogP contribution in [0.1, 0.15) is 142 Å². The third-order valence-corrected chi connectivity index (χ3v) is 22.0. The van der Waals surface area contributed by atoms with Crippen molar-refractivity contribution in [3.63, 3.8) is 0 Å². The quantitative estimate of drug-likeness (QED) is 0.0127. The van der Waals surface area contributed by atoms with Gasteiger partial charge in [0.2, 0.25) is 112 Å². The van der Waals surface area contributed by atoms with Gasteiger partial charge < -0.3 is 175 Å². The van der Waals surface area contributed by atoms with Crippen LogP contribution in [0, 0.1) is 11.3 Å². The molecule has 1 aromatic carbocycles. The van der Waals surface area contributed by atoms with Crippen LogP contribution in [0.15, 0.2) is 42.9 Å². The van der Waals surface area contributed by atoms with Crippen LogP contribution >= 0.6 is 12.6 Å². The summed E-state index contributed by atoms with van der Waals surface area (Å²) in [6.07, 6.45) is -6.79. The number of primary amides is 1. The number of aliphatic hydroxyl groups excluding tert-OH is 4. The number of aliphatic carboxylic acids is 4. The molecule has 58 nitrogen and oxygen atoms in total. The Kier molecular flexibility index (Phi) is 54.4. The first kappa shape index (κ1) is 123. The lowest BCUT2D eigenvalue weighted by Crippen LogP contribution is -2.63. The van der Waals surface area contributed by atoms with Gasteiger partial charge in [0.05, 0.1) is 64.1 Å². The average molecular weight is 2050 g/mol. The molecule has 143 heavy (non-hydrogen) atoms. The zero-order chi connectivity index (χ0) is 108. The van der Waals surface area contributed by atoms with Crippen LogP contribution in [0.4, 0.5) is 0 Å². The number of aliphatic hydroxyl groups is 4. The van der Waals surface area contributed by atoms with Crippen molar-refractivity contribution in [2.45, 2.75) is 259 Å². The van der Waals surface area contributed by atoms with Gasteiger partial charge in [-0.1, -0.05) is 44.2 Å². The maximum atomic E-state index is 14.4. The number of hydrogen-bond acceptors (Lipinski definition) is 33. The maximum Gasteiger partial charge on any atom is 0.326 e. The number of thiol groups is 1. The number of nitrogens with one attached hydrogen (secondary N) is 20. The van der Waals surface area contributed by atoms with Crippen LogP contribution in [0.5, 0.6) is 0 Å². The summed E-state index contributed by atoms with van der Waals surface area (Å²) in [5, 5.41) is 130. The molecule has 0 unspecified atom stereocenters. The molecular weight excluding hydrogens is 1920 g/mol. The van der Waals surface area contributed by atoms with Gasteiger partial charge in [0.1, 0.15) is 103 Å². The van der Waals surface area contributed by atoms with Crippen LogP contribution in [0.25, 0.3) is 0 Å². The first-order chi connectivity index (χ1) is 67.4. The first-order valence-corrected chi connectivity index (χ1v) is 46.0. The fourth-order valence-electron chi connectivity index (χ4n) is 14.0. The molecule has 2 heterocycles. The van der Waals surface area contributed by atoms with Crippen molar-refractivity contribution in [1.29, 1.82) is 5.41 Å². The van der Waals surface area contributed by atoms with E-state index >= 15 is 0 Å². The van der Waals surface area contributed by atoms with E-state index in [-0.39, 0.29) is 96.8 Å². The lowest BCUT2D eigenvalue weighted by atomic mass is 10.0. The summed E-state index contributed by atoms with van der Waals surface area (Å²) in [7, 11) is 0. The Morgan fingerprint density at radius 2 is 0.888 bits per heavy atom. The maximum absolute atomic E-state index is 14.4. The number of carboxylic acid groups (broad SMARTS) is 4. The number of hydrogen-bond donors (Lipinski definition) is 34. The third-order valence-electron chi connectivity index (χ3n) is 21.7. The molecule has 0 saturated carbocycles. The number of aromatic nitrogens is 2. The Labute approximate surface area is 824 Å². The average Bonchev–Trinajstić information content (AvgIpc) is 1.69. The SMILES string of the molecule is CC(C)[C@H](NC(=O)CNC(=O)[C@H](CCCNC(=N)N)NC(=O)[C@@H]1CCCN1C(=O)[C@H](CC(N)=O)NC(=O)[C@H](CO)NC(=O)[C@H](CC(=O)O)NC(=O)[C@H](C)NC(=O)[C@H](CS)NC(=O)[C@H](CCCCN)NC(=O)[C@H](CCCCN)NC(=O)[C@@H](NC(=O)[C@H](CO)NC(=O)[C@H](CC(=O)O)NC(=O)[C@H](CCC(=O)O)NC(=O)[C@H](Cc1ccccc1)NC(=O)[C@@H](NC(=O)[C@H](Cc1cnc[nH]1)NC(=O)CN)[C@@H](C)O)[C@@H](C)O)C(=O)O. The Bertz CT molecular complexity index is 4710. The number of carboxylic acids is 4. The summed E-state index contributed by atoms with van der Waals surface area (Å²) in [4.78, 5) is 318. The molecule has 1 aliphatic rings. The molecule has 0 bridgehead atoms. The summed E-state index contributed by atoms with van der Waals surface area (Å²) < 4.78 is 0. The van der Waals surface area contributed by atoms with E-state index in [1.165, 1.54) is 38.5 Å². The number of carbonyl (C=O) groups is 23. The molecule has 0 aliphatic carbocycles. The number of likely N-dealkylation sites (tertiary alicyclic amines) is 1. The van der Waals surface area contributed by atoms with Crippen molar-refractivity contribution < 1.29 is 151 Å². The monoisotopic (exact) mass is 2050 g/mol. The summed E-state index contributed by atoms with van der Waals surface area (Å²) >= 11 is 4.18. The predicted octanol–water partition coefficient (Wildman–Crippen LogP) is -14.3. The van der Waals surface area contributed by atoms with Crippen LogP contribution in [-0.4, -0.2) is 371 Å². The Morgan fingerprint density at radius 1 is 0.455 bits per heavy atom. The summed E-state index contributed by atoms with van der Waals surface area (Å²) in [6, 6.07) is -23.0. The van der Waals surface area contributed by atoms with Crippen molar-refractivity contribution in [2.24, 2.45) is 34.6 Å². The molecule has 0 spiro atoms. The lowest BCUT2D eigenvalue weighted by Gasteiger charge is -2.30. The van der Waals surface area contributed by atoms with Crippen molar-refractivity contribution in [3.8, 4) is 0 Å². The second-order valence-corrected chi connectivity index (χ2v) is 33.9. The molecule has 19 amide bonds. The molecule has 0 radical (unpaired) electrons. The van der Waals surface area contributed by atoms with Crippen LogP contribution in [-0.2, 0) is 123 Å². The first-order valence-electron chi connectivity index (χ1n) is 45.4. The normalized spacial score (nSPS) is 15.9. The minimum Gasteiger partial charge on any atom is -0.481 e. The molecule has 19 atom stereocenters. The molecule has 2 aromatic rings. The fraction of sp³-hybridized carbons (Fsp3) is 0.607. The zero-order valence-electron chi connectivity index (χ0n) is 79.2. The standard InChI is InChI=1S/C84H133N27O31S/c1-39(2)64(83(141)142)108-60(118)34-93-68(126)45(19-13-25-92-84(89)90)99-79(137)57-20-14-26-111(57)82(140)53(29-58(88)116)104-76(134)54(35-112)105-73(131)51(30-62(121)122)101-67(125)40(3)95-78(136)56(37-143)107-70(128)46(17-9-11-23-85)97-69(127)47(18-10-12-24-86)100-80(138)65(41(4)114)110-77(135)55(36-113)106-74(132)52(31-63(123)124)102-71(129)48(21-22-61(119)120)98-72(130)49(27-43-15-7-6-8-16-43)103-81(139)66(42(5)115)109-75(133)50(96-59(117)32-87)28-44-33-91-38-94-44/h6-8,15-16,33,38-42,45-57,64-66,112-115,143H,9-14,17-32,34-37,85-87H2,1-5H3,(H2,88,116)(H,91,94)(H,93,126)(H,95,136)(H,96,117)(H,97,127)(H,98,130)(H,99,137)(H,100,138)(H,101,125)(H,102,129)(H,103,139)(H,104,134)(H,105,131)(H,106,132)(H,107,128)(H,108,118)(H,109,133)(H,110,135)(H,119,120)(H,121,122)(H,123,124)(H,141,142)(H4,89,90,92)/t40-,41+,42+,45-,46-,47-,48-,49-,50-,51-,52-,53-,54-,55-,56-,57-,64-,65-,66-/m0/s1. The number of amides is 19. The fourth-order valence-corrected chi connectivity index (χ4v) is 14.2. The number of guanidine groups is 1. The number of unbranched alkanes of at least 4 members (excludes halogenated alkanes) is 2. The van der Waals surface area contributed by atoms with Gasteiger partial charge >= 0.3 is 23.9 Å². The minimum atomic E-state index is -2.27. The number of H-pyrrole nitrogens is 1. The number of aromatic amines is 1. The lowest BCUT2D eigenvalue weighted by molar-refractivity contribution is -0.144. The zero-order valence-corrected chi connectivity index (χ0v) is 80.1. The van der Waals surface area contributed by atoms with E-state index in [1.54, 1.807) is 18.2 Å². The molecule has 1 aliphatic heterocycles. The van der Waals surface area contributed by atoms with E-state index in [2.05, 4.69) is 108 Å². The molecule has 59 heteroatoms. The molecule has 1 fully saturated rings. The Balaban J connectivity index is 1.83. The minimum absolute atomic E-state index is 0.0212. The topological polar surface area (TPSA) is 957 Å². The Hall–Kier alpha value is -14.4. The van der Waals surface area contributed by atoms with Gasteiger partial charge in [-0.3, -0.25) is 111 Å². The number of imidazole rings is 1. The van der Waals surface area contributed by atoms with Crippen LogP contribution in [0.3, 0.4) is 0 Å². The summed E-state index contributed by atoms with van der Waals surface area (Å²) in [5.41, 5.74) is 28.5. The predicted molar refractivity (Wildman–Crippen MR) is 500 cm³/mol. The summed E-state index contributed by atoms with van der Waals surface area (Å²) in [6.45, 7) is 2.10. The number of benzene rings is 1. The molecule has 3 rings (SSSR count). The second kappa shape index (κ2) is 63.4. The molecular formula is C84H133N27O31S. The van der Waals surface area contributed by atoms with E-state index in [1.807, 2.05) is 10.6 Å². The smallest absolute Gasteiger partial charge is 0.326 e. The largest absolute Gasteiger partial charge is 0.481 e. The summed E-state index contributed by atoms with van der Waals surface area (Å²) in [5.74, 6) is -30.7. The molecule has 796 valence electrons. The van der Waals surface area contributed by atoms with Gasteiger partial charge in [-0.25, -0.2) is 9.78 Å². The number of carbonyl (C=O) groups excluding carboxylic acids is 19. The van der Waals surface area contributed by atoms with Crippen LogP contribution < -0.4 is 124 Å². The van der Waals surface area contributed by atoms with Gasteiger partial charge in [0.25, 0.3) is 0 Å². The van der Waals surface area contributed by atoms with Crippen LogP contribution in [0.2, 0.25) is 0 Å². The van der Waals surface area contributed by atoms with E-state index in [9.17, 15) is 151 Å². The highest BCUT2D eigenvalue weighted by molar-refractivity contribution is 7.80. The number of nitrogens with two attached hydrogens (primary N) is 5. The highest BCUT2D eigenvalue weighted by atomic mass is 32.1. The van der Waals surface area contributed by atoms with Crippen molar-refractivity contribution in [3.05, 3.63) is 54.1 Å². The van der Waals surface area contributed by atoms with Gasteiger partial charge in [0, 0.05) is 50.0 Å². The highest BCUT2D eigenvalue weighted by Crippen LogP contribution is 2.21. The van der Waals surface area contributed by atoms with E-state index < -0.39 is 333 Å². The number of nitrogens with zero attached hydrogens (tertiary/aromatic N) is 2. The van der Waals surface area contributed by atoms with Gasteiger partial charge in [-0.2, -0.15) is 12.6 Å². The molecule has 38 N–H and O–H groups in total. The third kappa shape index (κ3) is 44.1. The van der Waals surface area contributed by atoms with Crippen molar-refractivity contribution in [2.75, 3.05) is 58.2 Å². The van der Waals surface area contributed by atoms with Gasteiger partial charge in [-0.05, 0) is 116 Å².